The van der Waals surface area contributed by atoms with E-state index >= 15 is 0 Å². The van der Waals surface area contributed by atoms with Crippen molar-refractivity contribution in [2.24, 2.45) is 23.7 Å². The van der Waals surface area contributed by atoms with Gasteiger partial charge in [-0.25, -0.2) is 0 Å². The number of piperidine rings is 1. The Morgan fingerprint density at radius 1 is 0.842 bits per heavy atom. The van der Waals surface area contributed by atoms with Crippen LogP contribution in [0.15, 0.2) is 0 Å². The third-order valence-corrected chi connectivity index (χ3v) is 6.17. The summed E-state index contributed by atoms with van der Waals surface area (Å²) in [6.45, 7) is 5.39. The summed E-state index contributed by atoms with van der Waals surface area (Å²) in [5.41, 5.74) is 0. The first-order chi connectivity index (χ1) is 8.87. The highest BCUT2D eigenvalue weighted by atomic mass is 35.5. The maximum absolute atomic E-state index is 3.51. The van der Waals surface area contributed by atoms with Crippen LogP contribution in [0.4, 0.5) is 0 Å². The molecule has 3 heterocycles. The van der Waals surface area contributed by atoms with Gasteiger partial charge in [0.15, 0.2) is 0 Å². The maximum atomic E-state index is 3.51. The summed E-state index contributed by atoms with van der Waals surface area (Å²) in [5.74, 6) is 4.25. The molecule has 0 aromatic rings. The minimum Gasteiger partial charge on any atom is -0.317 e. The standard InChI is InChI=1S/C16H28N2.ClH/c1-3-17-4-2-12(1)10-18-11-15-6-13-5-14(7-15)9-16(18)8-13;/h12-17H,1-11H2;1H. The number of rotatable bonds is 2. The second-order valence-corrected chi connectivity index (χ2v) is 7.58. The smallest absolute Gasteiger partial charge is 0.0101 e. The van der Waals surface area contributed by atoms with E-state index in [1.165, 1.54) is 51.9 Å². The number of hydrogen-bond acceptors (Lipinski definition) is 2. The minimum atomic E-state index is 0. The topological polar surface area (TPSA) is 15.3 Å². The molecule has 110 valence electrons. The third kappa shape index (κ3) is 2.96. The van der Waals surface area contributed by atoms with E-state index in [1.807, 2.05) is 0 Å². The molecule has 0 aromatic heterocycles. The first-order valence-electron chi connectivity index (χ1n) is 8.31. The molecule has 2 saturated carbocycles. The molecule has 5 rings (SSSR count). The van der Waals surface area contributed by atoms with E-state index in [0.29, 0.717) is 0 Å². The van der Waals surface area contributed by atoms with Crippen molar-refractivity contribution in [1.82, 2.24) is 10.2 Å². The molecule has 4 bridgehead atoms. The van der Waals surface area contributed by atoms with Gasteiger partial charge in [0, 0.05) is 19.1 Å². The highest BCUT2D eigenvalue weighted by Crippen LogP contribution is 2.47. The lowest BCUT2D eigenvalue weighted by molar-refractivity contribution is 0.110. The van der Waals surface area contributed by atoms with Crippen molar-refractivity contribution in [2.75, 3.05) is 26.2 Å². The normalized spacial score (nSPS) is 42.9. The van der Waals surface area contributed by atoms with Crippen LogP contribution in [0.1, 0.15) is 44.9 Å². The molecule has 2 nitrogen and oxygen atoms in total. The van der Waals surface area contributed by atoms with Crippen LogP contribution >= 0.6 is 12.4 Å². The van der Waals surface area contributed by atoms with Gasteiger partial charge in [-0.3, -0.25) is 4.90 Å². The summed E-state index contributed by atoms with van der Waals surface area (Å²) in [4.78, 5) is 2.93. The highest BCUT2D eigenvalue weighted by molar-refractivity contribution is 5.85. The molecular formula is C16H29ClN2. The second kappa shape index (κ2) is 5.91. The number of fused-ring (bicyclic) bond motifs is 1. The first-order valence-corrected chi connectivity index (χ1v) is 8.31. The van der Waals surface area contributed by atoms with Gasteiger partial charge < -0.3 is 5.32 Å². The predicted molar refractivity (Wildman–Crippen MR) is 81.8 cm³/mol. The molecule has 0 aromatic carbocycles. The van der Waals surface area contributed by atoms with Crippen LogP contribution in [0, 0.1) is 23.7 Å². The van der Waals surface area contributed by atoms with Gasteiger partial charge in [-0.2, -0.15) is 0 Å². The van der Waals surface area contributed by atoms with Crippen molar-refractivity contribution in [1.29, 1.82) is 0 Å². The lowest BCUT2D eigenvalue weighted by Crippen LogP contribution is -2.43. The predicted octanol–water partition coefficient (Wildman–Crippen LogP) is 2.92. The zero-order chi connectivity index (χ0) is 11.9. The molecule has 0 spiro atoms. The Hall–Kier alpha value is 0.210. The van der Waals surface area contributed by atoms with Crippen molar-refractivity contribution in [3.8, 4) is 0 Å². The Balaban J connectivity index is 0.00000110. The van der Waals surface area contributed by atoms with Crippen LogP contribution in [0.25, 0.3) is 0 Å². The lowest BCUT2D eigenvalue weighted by atomic mass is 9.68. The summed E-state index contributed by atoms with van der Waals surface area (Å²) in [6.07, 6.45) is 10.6. The van der Waals surface area contributed by atoms with E-state index in [-0.39, 0.29) is 12.4 Å². The molecule has 19 heavy (non-hydrogen) atoms. The molecule has 2 aliphatic carbocycles. The lowest BCUT2D eigenvalue weighted by Gasteiger charge is -2.40. The highest BCUT2D eigenvalue weighted by Gasteiger charge is 2.42. The summed E-state index contributed by atoms with van der Waals surface area (Å²) >= 11 is 0. The number of nitrogens with one attached hydrogen (secondary N) is 1. The molecule has 1 N–H and O–H groups in total. The SMILES string of the molecule is C1CC(CN2CC3CC4CC(C3)CC2C4)CCN1.Cl. The molecule has 2 atom stereocenters. The fourth-order valence-electron chi connectivity index (χ4n) is 5.50. The second-order valence-electron chi connectivity index (χ2n) is 7.58. The Bertz CT molecular complexity index is 289. The molecule has 3 saturated heterocycles. The first kappa shape index (κ1) is 14.2. The van der Waals surface area contributed by atoms with Gasteiger partial charge in [0.2, 0.25) is 0 Å². The van der Waals surface area contributed by atoms with Gasteiger partial charge in [0.05, 0.1) is 0 Å². The monoisotopic (exact) mass is 284 g/mol. The van der Waals surface area contributed by atoms with Crippen LogP contribution < -0.4 is 5.32 Å². The summed E-state index contributed by atoms with van der Waals surface area (Å²) < 4.78 is 0. The van der Waals surface area contributed by atoms with Crippen molar-refractivity contribution in [2.45, 2.75) is 51.0 Å². The number of nitrogens with zero attached hydrogens (tertiary/aromatic N) is 1. The molecule has 3 heteroatoms. The van der Waals surface area contributed by atoms with Gasteiger partial charge in [-0.15, -0.1) is 12.4 Å². The molecule has 2 unspecified atom stereocenters. The quantitative estimate of drug-likeness (QED) is 0.839. The van der Waals surface area contributed by atoms with E-state index in [4.69, 9.17) is 0 Å². The van der Waals surface area contributed by atoms with Crippen LogP contribution in [0.5, 0.6) is 0 Å². The summed E-state index contributed by atoms with van der Waals surface area (Å²) in [6, 6.07) is 0.969. The van der Waals surface area contributed by atoms with Crippen molar-refractivity contribution in [3.63, 3.8) is 0 Å². The zero-order valence-electron chi connectivity index (χ0n) is 12.0. The summed E-state index contributed by atoms with van der Waals surface area (Å²) in [7, 11) is 0. The zero-order valence-corrected chi connectivity index (χ0v) is 12.8. The molecule has 5 aliphatic rings. The van der Waals surface area contributed by atoms with Crippen LogP contribution in [-0.2, 0) is 0 Å². The van der Waals surface area contributed by atoms with Crippen molar-refractivity contribution in [3.05, 3.63) is 0 Å². The van der Waals surface area contributed by atoms with Crippen LogP contribution in [0.3, 0.4) is 0 Å². The van der Waals surface area contributed by atoms with Crippen LogP contribution in [-0.4, -0.2) is 37.1 Å². The largest absolute Gasteiger partial charge is 0.317 e. The van der Waals surface area contributed by atoms with Gasteiger partial charge in [0.25, 0.3) is 0 Å². The van der Waals surface area contributed by atoms with Crippen LogP contribution in [0.2, 0.25) is 0 Å². The van der Waals surface area contributed by atoms with E-state index in [1.54, 1.807) is 19.3 Å². The molecule has 0 amide bonds. The number of hydrogen-bond donors (Lipinski definition) is 1. The Labute approximate surface area is 124 Å². The maximum Gasteiger partial charge on any atom is 0.0101 e. The van der Waals surface area contributed by atoms with Gasteiger partial charge in [-0.05, 0) is 81.7 Å². The van der Waals surface area contributed by atoms with E-state index in [9.17, 15) is 0 Å². The van der Waals surface area contributed by atoms with E-state index in [0.717, 1.165) is 29.7 Å². The molecule has 5 fully saturated rings. The average molecular weight is 285 g/mol. The van der Waals surface area contributed by atoms with Crippen molar-refractivity contribution >= 4 is 12.4 Å². The fraction of sp³-hybridized carbons (Fsp3) is 1.00. The fourth-order valence-corrected chi connectivity index (χ4v) is 5.50. The van der Waals surface area contributed by atoms with Gasteiger partial charge in [0.1, 0.15) is 0 Å². The minimum absolute atomic E-state index is 0. The number of halogens is 1. The Kier molecular flexibility index (Phi) is 4.40. The Morgan fingerprint density at radius 3 is 2.16 bits per heavy atom. The average Bonchev–Trinajstić information content (AvgIpc) is 2.55. The third-order valence-electron chi connectivity index (χ3n) is 6.17. The summed E-state index contributed by atoms with van der Waals surface area (Å²) in [5, 5.41) is 3.51. The van der Waals surface area contributed by atoms with E-state index in [2.05, 4.69) is 10.2 Å². The van der Waals surface area contributed by atoms with Gasteiger partial charge in [-0.1, -0.05) is 0 Å². The van der Waals surface area contributed by atoms with Gasteiger partial charge >= 0.3 is 0 Å². The van der Waals surface area contributed by atoms with E-state index < -0.39 is 0 Å². The Morgan fingerprint density at radius 2 is 1.47 bits per heavy atom. The molecule has 3 aliphatic heterocycles. The van der Waals surface area contributed by atoms with Crippen molar-refractivity contribution < 1.29 is 0 Å². The molecule has 0 radical (unpaired) electrons. The molecular weight excluding hydrogens is 256 g/mol.